The van der Waals surface area contributed by atoms with Crippen LogP contribution in [0.15, 0.2) is 48.5 Å². The number of amides is 2. The van der Waals surface area contributed by atoms with Gasteiger partial charge in [-0.25, -0.2) is 0 Å². The van der Waals surface area contributed by atoms with Crippen LogP contribution in [-0.2, 0) is 16.1 Å². The molecule has 0 aliphatic rings. The third-order valence-corrected chi connectivity index (χ3v) is 4.58. The molecule has 1 unspecified atom stereocenters. The van der Waals surface area contributed by atoms with Crippen LogP contribution in [0.1, 0.15) is 33.3 Å². The zero-order chi connectivity index (χ0) is 22.3. The minimum Gasteiger partial charge on any atom is -0.497 e. The second kappa shape index (κ2) is 10.3. The van der Waals surface area contributed by atoms with Gasteiger partial charge in [0.15, 0.2) is 6.61 Å². The maximum Gasteiger partial charge on any atom is 0.261 e. The van der Waals surface area contributed by atoms with Crippen LogP contribution in [0, 0.1) is 0 Å². The number of benzene rings is 2. The van der Waals surface area contributed by atoms with Gasteiger partial charge in [0, 0.05) is 17.1 Å². The van der Waals surface area contributed by atoms with Crippen molar-refractivity contribution in [2.24, 2.45) is 0 Å². The van der Waals surface area contributed by atoms with Gasteiger partial charge >= 0.3 is 0 Å². The Morgan fingerprint density at radius 1 is 1.10 bits per heavy atom. The molecule has 1 atom stereocenters. The Morgan fingerprint density at radius 2 is 1.77 bits per heavy atom. The summed E-state index contributed by atoms with van der Waals surface area (Å²) in [5.41, 5.74) is 0.445. The van der Waals surface area contributed by atoms with E-state index >= 15 is 0 Å². The normalized spacial score (nSPS) is 12.1. The van der Waals surface area contributed by atoms with Gasteiger partial charge in [-0.2, -0.15) is 0 Å². The number of carbonyl (C=O) groups is 2. The van der Waals surface area contributed by atoms with Gasteiger partial charge in [0.25, 0.3) is 5.91 Å². The summed E-state index contributed by atoms with van der Waals surface area (Å²) in [4.78, 5) is 27.3. The minimum absolute atomic E-state index is 0.196. The fourth-order valence-electron chi connectivity index (χ4n) is 2.78. The average molecular weight is 433 g/mol. The zero-order valence-electron chi connectivity index (χ0n) is 18.1. The maximum absolute atomic E-state index is 13.0. The molecule has 0 heterocycles. The average Bonchev–Trinajstić information content (AvgIpc) is 2.69. The Balaban J connectivity index is 2.18. The summed E-state index contributed by atoms with van der Waals surface area (Å²) >= 11 is 5.88. The van der Waals surface area contributed by atoms with Gasteiger partial charge in [0.05, 0.1) is 7.11 Å². The largest absolute Gasteiger partial charge is 0.497 e. The second-order valence-electron chi connectivity index (χ2n) is 8.03. The van der Waals surface area contributed by atoms with E-state index in [0.717, 1.165) is 5.56 Å². The molecule has 30 heavy (non-hydrogen) atoms. The molecule has 0 bridgehead atoms. The highest BCUT2D eigenvalue weighted by atomic mass is 35.5. The monoisotopic (exact) mass is 432 g/mol. The molecule has 0 aliphatic carbocycles. The van der Waals surface area contributed by atoms with Crippen molar-refractivity contribution in [3.8, 4) is 11.5 Å². The van der Waals surface area contributed by atoms with Crippen molar-refractivity contribution in [1.82, 2.24) is 10.2 Å². The summed E-state index contributed by atoms with van der Waals surface area (Å²) in [6, 6.07) is 13.5. The van der Waals surface area contributed by atoms with E-state index in [0.29, 0.717) is 16.5 Å². The van der Waals surface area contributed by atoms with Crippen molar-refractivity contribution in [2.45, 2.75) is 45.8 Å². The molecule has 7 heteroatoms. The van der Waals surface area contributed by atoms with Gasteiger partial charge in [-0.05, 0) is 69.7 Å². The number of rotatable bonds is 8. The number of nitrogens with one attached hydrogen (secondary N) is 1. The third kappa shape index (κ3) is 7.26. The molecule has 2 aromatic carbocycles. The summed E-state index contributed by atoms with van der Waals surface area (Å²) in [7, 11) is 1.58. The van der Waals surface area contributed by atoms with Gasteiger partial charge in [0.2, 0.25) is 5.91 Å². The highest BCUT2D eigenvalue weighted by Crippen LogP contribution is 2.18. The first-order valence-electron chi connectivity index (χ1n) is 9.72. The Kier molecular flexibility index (Phi) is 8.12. The quantitative estimate of drug-likeness (QED) is 0.683. The Labute approximate surface area is 183 Å². The number of hydrogen-bond acceptors (Lipinski definition) is 4. The van der Waals surface area contributed by atoms with Crippen LogP contribution in [0.3, 0.4) is 0 Å². The molecule has 0 saturated heterocycles. The van der Waals surface area contributed by atoms with Crippen molar-refractivity contribution in [1.29, 1.82) is 0 Å². The second-order valence-corrected chi connectivity index (χ2v) is 8.47. The molecule has 162 valence electrons. The first-order chi connectivity index (χ1) is 14.1. The standard InChI is InChI=1S/C23H29ClN2O4/c1-16(22(28)25-23(2,3)4)26(14-17-7-6-8-20(13-17)29-5)21(27)15-30-19-11-9-18(24)10-12-19/h6-13,16H,14-15H2,1-5H3,(H,25,28). The van der Waals surface area contributed by atoms with E-state index in [1.54, 1.807) is 38.3 Å². The van der Waals surface area contributed by atoms with Crippen LogP contribution in [0.25, 0.3) is 0 Å². The number of ether oxygens (including phenoxy) is 2. The third-order valence-electron chi connectivity index (χ3n) is 4.33. The van der Waals surface area contributed by atoms with Crippen molar-refractivity contribution in [3.05, 3.63) is 59.1 Å². The molecule has 2 aromatic rings. The molecule has 0 aromatic heterocycles. The van der Waals surface area contributed by atoms with Crippen LogP contribution in [0.4, 0.5) is 0 Å². The molecule has 0 radical (unpaired) electrons. The molecule has 2 amide bonds. The van der Waals surface area contributed by atoms with E-state index in [2.05, 4.69) is 5.32 Å². The highest BCUT2D eigenvalue weighted by Gasteiger charge is 2.28. The number of hydrogen-bond donors (Lipinski definition) is 1. The lowest BCUT2D eigenvalue weighted by Gasteiger charge is -2.31. The lowest BCUT2D eigenvalue weighted by atomic mass is 10.1. The summed E-state index contributed by atoms with van der Waals surface area (Å²) in [6.45, 7) is 7.46. The van der Waals surface area contributed by atoms with Crippen molar-refractivity contribution < 1.29 is 19.1 Å². The molecular formula is C23H29ClN2O4. The summed E-state index contributed by atoms with van der Waals surface area (Å²) in [5.74, 6) is 0.680. The summed E-state index contributed by atoms with van der Waals surface area (Å²) < 4.78 is 10.9. The van der Waals surface area contributed by atoms with E-state index in [-0.39, 0.29) is 25.0 Å². The summed E-state index contributed by atoms with van der Waals surface area (Å²) in [6.07, 6.45) is 0. The fraction of sp³-hybridized carbons (Fsp3) is 0.391. The molecule has 0 saturated carbocycles. The number of nitrogens with zero attached hydrogens (tertiary/aromatic N) is 1. The fourth-order valence-corrected chi connectivity index (χ4v) is 2.91. The first-order valence-corrected chi connectivity index (χ1v) is 10.1. The summed E-state index contributed by atoms with van der Waals surface area (Å²) in [5, 5.41) is 3.51. The van der Waals surface area contributed by atoms with Crippen molar-refractivity contribution >= 4 is 23.4 Å². The van der Waals surface area contributed by atoms with Gasteiger partial charge in [-0.3, -0.25) is 9.59 Å². The smallest absolute Gasteiger partial charge is 0.261 e. The minimum atomic E-state index is -0.684. The van der Waals surface area contributed by atoms with Gasteiger partial charge < -0.3 is 19.7 Å². The zero-order valence-corrected chi connectivity index (χ0v) is 18.8. The maximum atomic E-state index is 13.0. The van der Waals surface area contributed by atoms with Crippen molar-refractivity contribution in [2.75, 3.05) is 13.7 Å². The Bertz CT molecular complexity index is 862. The topological polar surface area (TPSA) is 67.9 Å². The van der Waals surface area contributed by atoms with Crippen LogP contribution >= 0.6 is 11.6 Å². The number of halogens is 1. The number of methoxy groups -OCH3 is 1. The molecule has 0 fully saturated rings. The molecule has 0 spiro atoms. The SMILES string of the molecule is COc1cccc(CN(C(=O)COc2ccc(Cl)cc2)C(C)C(=O)NC(C)(C)C)c1. The molecule has 2 rings (SSSR count). The van der Waals surface area contributed by atoms with Gasteiger partial charge in [-0.1, -0.05) is 23.7 Å². The lowest BCUT2D eigenvalue weighted by Crippen LogP contribution is -2.53. The molecule has 1 N–H and O–H groups in total. The predicted molar refractivity (Wildman–Crippen MR) is 118 cm³/mol. The van der Waals surface area contributed by atoms with Crippen LogP contribution in [-0.4, -0.2) is 42.0 Å². The predicted octanol–water partition coefficient (Wildman–Crippen LogP) is 4.06. The Morgan fingerprint density at radius 3 is 2.37 bits per heavy atom. The van der Waals surface area contributed by atoms with E-state index in [4.69, 9.17) is 21.1 Å². The molecule has 0 aliphatic heterocycles. The van der Waals surface area contributed by atoms with Gasteiger partial charge in [-0.15, -0.1) is 0 Å². The van der Waals surface area contributed by atoms with Crippen LogP contribution in [0.2, 0.25) is 5.02 Å². The van der Waals surface area contributed by atoms with Gasteiger partial charge in [0.1, 0.15) is 17.5 Å². The highest BCUT2D eigenvalue weighted by molar-refractivity contribution is 6.30. The molecular weight excluding hydrogens is 404 g/mol. The van der Waals surface area contributed by atoms with E-state index in [9.17, 15) is 9.59 Å². The first kappa shape index (κ1) is 23.5. The van der Waals surface area contributed by atoms with Crippen LogP contribution < -0.4 is 14.8 Å². The van der Waals surface area contributed by atoms with E-state index in [1.165, 1.54) is 4.90 Å². The van der Waals surface area contributed by atoms with Crippen molar-refractivity contribution in [3.63, 3.8) is 0 Å². The molecule has 6 nitrogen and oxygen atoms in total. The number of carbonyl (C=O) groups excluding carboxylic acids is 2. The van der Waals surface area contributed by atoms with E-state index in [1.807, 2.05) is 45.0 Å². The Hall–Kier alpha value is -2.73. The van der Waals surface area contributed by atoms with E-state index < -0.39 is 11.6 Å². The van der Waals surface area contributed by atoms with Crippen LogP contribution in [0.5, 0.6) is 11.5 Å². The lowest BCUT2D eigenvalue weighted by molar-refractivity contribution is -0.142.